The van der Waals surface area contributed by atoms with Crippen LogP contribution in [0.25, 0.3) is 0 Å². The van der Waals surface area contributed by atoms with Gasteiger partial charge in [0.15, 0.2) is 0 Å². The van der Waals surface area contributed by atoms with Gasteiger partial charge in [-0.2, -0.15) is 0 Å². The molecule has 0 fully saturated rings. The maximum atomic E-state index is 2.41. The van der Waals surface area contributed by atoms with Crippen molar-refractivity contribution in [1.82, 2.24) is 4.57 Å². The zero-order chi connectivity index (χ0) is 12.0. The van der Waals surface area contributed by atoms with E-state index in [1.54, 1.807) is 0 Å². The number of aryl methyl sites for hydroxylation is 1. The second-order valence-electron chi connectivity index (χ2n) is 4.81. The Balaban J connectivity index is 2.63. The molecule has 0 saturated carbocycles. The van der Waals surface area contributed by atoms with Crippen molar-refractivity contribution in [3.63, 3.8) is 0 Å². The minimum Gasteiger partial charge on any atom is -0.235 e. The van der Waals surface area contributed by atoms with Crippen molar-refractivity contribution >= 4 is 0 Å². The number of imidazole rings is 1. The first-order chi connectivity index (χ1) is 7.70. The summed E-state index contributed by atoms with van der Waals surface area (Å²) < 4.78 is 4.79. The minimum atomic E-state index is 0.578. The van der Waals surface area contributed by atoms with E-state index in [1.807, 2.05) is 0 Å². The maximum absolute atomic E-state index is 2.41. The van der Waals surface area contributed by atoms with E-state index in [4.69, 9.17) is 0 Å². The van der Waals surface area contributed by atoms with Gasteiger partial charge in [-0.25, -0.2) is 9.13 Å². The van der Waals surface area contributed by atoms with Crippen molar-refractivity contribution in [2.75, 3.05) is 0 Å². The SMILES string of the molecule is CCCCCCc1n(C(C)C)cc[n+]1CC. The molecular formula is C14H27N2+. The standard InChI is InChI=1S/C14H27N2/c1-5-7-8-9-10-14-15(6-2)11-12-16(14)13(3)4/h11-13H,5-10H2,1-4H3/q+1. The highest BCUT2D eigenvalue weighted by molar-refractivity contribution is 4.86. The summed E-state index contributed by atoms with van der Waals surface area (Å²) in [6.45, 7) is 10.1. The Hall–Kier alpha value is -0.790. The molecule has 0 spiro atoms. The summed E-state index contributed by atoms with van der Waals surface area (Å²) in [7, 11) is 0. The Labute approximate surface area is 100 Å². The first-order valence-electron chi connectivity index (χ1n) is 6.79. The van der Waals surface area contributed by atoms with Gasteiger partial charge in [-0.15, -0.1) is 0 Å². The van der Waals surface area contributed by atoms with E-state index in [0.717, 1.165) is 6.54 Å². The fraction of sp³-hybridized carbons (Fsp3) is 0.786. The van der Waals surface area contributed by atoms with Crippen LogP contribution < -0.4 is 4.57 Å². The van der Waals surface area contributed by atoms with E-state index in [0.29, 0.717) is 6.04 Å². The predicted octanol–water partition coefficient (Wildman–Crippen LogP) is 3.50. The first kappa shape index (κ1) is 13.3. The molecule has 0 aliphatic carbocycles. The molecule has 1 aromatic rings. The third kappa shape index (κ3) is 3.36. The van der Waals surface area contributed by atoms with Gasteiger partial charge in [0.25, 0.3) is 5.82 Å². The summed E-state index contributed by atoms with van der Waals surface area (Å²) in [4.78, 5) is 0. The molecule has 1 heterocycles. The molecule has 1 rings (SSSR count). The highest BCUT2D eigenvalue weighted by atomic mass is 15.2. The number of hydrogen-bond donors (Lipinski definition) is 0. The second-order valence-corrected chi connectivity index (χ2v) is 4.81. The first-order valence-corrected chi connectivity index (χ1v) is 6.79. The molecule has 0 amide bonds. The molecule has 0 N–H and O–H groups in total. The topological polar surface area (TPSA) is 8.81 Å². The highest BCUT2D eigenvalue weighted by Crippen LogP contribution is 2.10. The van der Waals surface area contributed by atoms with Crippen LogP contribution in [0.4, 0.5) is 0 Å². The van der Waals surface area contributed by atoms with Crippen molar-refractivity contribution in [3.8, 4) is 0 Å². The smallest absolute Gasteiger partial charge is 0.235 e. The molecule has 0 unspecified atom stereocenters. The molecule has 92 valence electrons. The van der Waals surface area contributed by atoms with Gasteiger partial charge < -0.3 is 0 Å². The number of aromatic nitrogens is 2. The van der Waals surface area contributed by atoms with Gasteiger partial charge in [0, 0.05) is 6.42 Å². The molecule has 1 aromatic heterocycles. The lowest BCUT2D eigenvalue weighted by molar-refractivity contribution is -0.700. The van der Waals surface area contributed by atoms with Gasteiger partial charge in [0.1, 0.15) is 12.4 Å². The lowest BCUT2D eigenvalue weighted by Gasteiger charge is -2.06. The molecule has 16 heavy (non-hydrogen) atoms. The Morgan fingerprint density at radius 2 is 1.94 bits per heavy atom. The van der Waals surface area contributed by atoms with Gasteiger partial charge in [0.2, 0.25) is 0 Å². The molecule has 0 aliphatic rings. The van der Waals surface area contributed by atoms with Crippen LogP contribution in [-0.2, 0) is 13.0 Å². The molecule has 0 saturated heterocycles. The molecule has 0 atom stereocenters. The summed E-state index contributed by atoms with van der Waals surface area (Å²) in [5, 5.41) is 0. The summed E-state index contributed by atoms with van der Waals surface area (Å²) in [5.74, 6) is 1.49. The average molecular weight is 223 g/mol. The third-order valence-corrected chi connectivity index (χ3v) is 3.19. The van der Waals surface area contributed by atoms with Crippen LogP contribution in [0.1, 0.15) is 65.2 Å². The van der Waals surface area contributed by atoms with E-state index in [2.05, 4.69) is 49.2 Å². The third-order valence-electron chi connectivity index (χ3n) is 3.19. The van der Waals surface area contributed by atoms with E-state index >= 15 is 0 Å². The van der Waals surface area contributed by atoms with Crippen LogP contribution in [0.5, 0.6) is 0 Å². The Bertz CT molecular complexity index is 300. The van der Waals surface area contributed by atoms with Crippen LogP contribution in [-0.4, -0.2) is 4.57 Å². The van der Waals surface area contributed by atoms with Crippen LogP contribution in [0, 0.1) is 0 Å². The van der Waals surface area contributed by atoms with Crippen molar-refractivity contribution in [1.29, 1.82) is 0 Å². The van der Waals surface area contributed by atoms with E-state index in [9.17, 15) is 0 Å². The maximum Gasteiger partial charge on any atom is 0.256 e. The number of rotatable bonds is 7. The van der Waals surface area contributed by atoms with E-state index < -0.39 is 0 Å². The molecule has 2 nitrogen and oxygen atoms in total. The minimum absolute atomic E-state index is 0.578. The van der Waals surface area contributed by atoms with Gasteiger partial charge in [-0.1, -0.05) is 26.2 Å². The molecule has 0 aliphatic heterocycles. The largest absolute Gasteiger partial charge is 0.256 e. The highest BCUT2D eigenvalue weighted by Gasteiger charge is 2.17. The molecule has 0 aromatic carbocycles. The van der Waals surface area contributed by atoms with E-state index in [-0.39, 0.29) is 0 Å². The van der Waals surface area contributed by atoms with Crippen molar-refractivity contribution in [3.05, 3.63) is 18.2 Å². The lowest BCUT2D eigenvalue weighted by Crippen LogP contribution is -2.36. The monoisotopic (exact) mass is 223 g/mol. The van der Waals surface area contributed by atoms with Crippen molar-refractivity contribution in [2.24, 2.45) is 0 Å². The summed E-state index contributed by atoms with van der Waals surface area (Å²) in [5.41, 5.74) is 0. The summed E-state index contributed by atoms with van der Waals surface area (Å²) >= 11 is 0. The predicted molar refractivity (Wildman–Crippen MR) is 68.5 cm³/mol. The van der Waals surface area contributed by atoms with Gasteiger partial charge >= 0.3 is 0 Å². The lowest BCUT2D eigenvalue weighted by atomic mass is 10.1. The second kappa shape index (κ2) is 6.72. The molecule has 0 radical (unpaired) electrons. The Morgan fingerprint density at radius 1 is 1.19 bits per heavy atom. The Morgan fingerprint density at radius 3 is 2.50 bits per heavy atom. The number of nitrogens with zero attached hydrogens (tertiary/aromatic N) is 2. The molecular weight excluding hydrogens is 196 g/mol. The van der Waals surface area contributed by atoms with Crippen molar-refractivity contribution < 1.29 is 4.57 Å². The normalized spacial score (nSPS) is 11.3. The quantitative estimate of drug-likeness (QED) is 0.494. The van der Waals surface area contributed by atoms with Crippen LogP contribution in [0.2, 0.25) is 0 Å². The summed E-state index contributed by atoms with van der Waals surface area (Å²) in [6, 6.07) is 0.578. The van der Waals surface area contributed by atoms with Crippen LogP contribution in [0.15, 0.2) is 12.4 Å². The summed E-state index contributed by atoms with van der Waals surface area (Å²) in [6.07, 6.45) is 11.0. The van der Waals surface area contributed by atoms with Gasteiger partial charge in [-0.05, 0) is 27.2 Å². The Kier molecular flexibility index (Phi) is 5.58. The van der Waals surface area contributed by atoms with Crippen LogP contribution in [0.3, 0.4) is 0 Å². The average Bonchev–Trinajstić information content (AvgIpc) is 2.67. The van der Waals surface area contributed by atoms with Crippen LogP contribution >= 0.6 is 0 Å². The molecule has 2 heteroatoms. The van der Waals surface area contributed by atoms with Gasteiger partial charge in [-0.3, -0.25) is 0 Å². The fourth-order valence-electron chi connectivity index (χ4n) is 2.21. The van der Waals surface area contributed by atoms with Crippen molar-refractivity contribution in [2.45, 2.75) is 72.4 Å². The zero-order valence-corrected chi connectivity index (χ0v) is 11.4. The molecule has 0 bridgehead atoms. The fourth-order valence-corrected chi connectivity index (χ4v) is 2.21. The number of hydrogen-bond acceptors (Lipinski definition) is 0. The van der Waals surface area contributed by atoms with Gasteiger partial charge in [0.05, 0.1) is 12.6 Å². The zero-order valence-electron chi connectivity index (χ0n) is 11.4. The van der Waals surface area contributed by atoms with E-state index in [1.165, 1.54) is 37.9 Å². The number of unbranched alkanes of at least 4 members (excludes halogenated alkanes) is 3.